The van der Waals surface area contributed by atoms with Gasteiger partial charge in [0, 0.05) is 48.0 Å². The van der Waals surface area contributed by atoms with Gasteiger partial charge in [-0.25, -0.2) is 9.37 Å². The largest absolute Gasteiger partial charge is 0.424 e. The van der Waals surface area contributed by atoms with Crippen LogP contribution in [-0.4, -0.2) is 42.1 Å². The maximum Gasteiger partial charge on any atom is 0.295 e. The van der Waals surface area contributed by atoms with Crippen LogP contribution in [0.1, 0.15) is 48.9 Å². The third kappa shape index (κ3) is 5.65. The zero-order valence-corrected chi connectivity index (χ0v) is 19.8. The number of hydrogen-bond acceptors (Lipinski definition) is 6. The second-order valence-corrected chi connectivity index (χ2v) is 9.54. The van der Waals surface area contributed by atoms with Crippen LogP contribution in [0, 0.1) is 5.82 Å². The molecule has 1 aliphatic heterocycles. The molecule has 1 saturated carbocycles. The molecule has 3 atom stereocenters. The van der Waals surface area contributed by atoms with Crippen molar-refractivity contribution in [2.45, 2.75) is 56.7 Å². The Morgan fingerprint density at radius 3 is 2.66 bits per heavy atom. The van der Waals surface area contributed by atoms with E-state index >= 15 is 0 Å². The molecule has 8 heteroatoms. The highest BCUT2D eigenvalue weighted by molar-refractivity contribution is 5.93. The van der Waals surface area contributed by atoms with Crippen molar-refractivity contribution in [3.8, 4) is 11.3 Å². The van der Waals surface area contributed by atoms with Crippen LogP contribution in [0.4, 0.5) is 16.1 Å². The molecule has 3 aromatic rings. The summed E-state index contributed by atoms with van der Waals surface area (Å²) in [6.45, 7) is 1.90. The molecule has 2 heterocycles. The van der Waals surface area contributed by atoms with Gasteiger partial charge in [-0.1, -0.05) is 25.0 Å². The van der Waals surface area contributed by atoms with Gasteiger partial charge in [-0.15, -0.1) is 0 Å². The number of carbonyl (C=O) groups excluding carboxylic acids is 1. The molecule has 0 radical (unpaired) electrons. The van der Waals surface area contributed by atoms with E-state index < -0.39 is 5.91 Å². The first kappa shape index (κ1) is 23.4. The fourth-order valence-corrected chi connectivity index (χ4v) is 5.26. The Labute approximate surface area is 204 Å². The Hall–Kier alpha value is -3.39. The molecular weight excluding hydrogens is 445 g/mol. The van der Waals surface area contributed by atoms with Gasteiger partial charge >= 0.3 is 0 Å². The number of amides is 1. The Balaban J connectivity index is 1.23. The van der Waals surface area contributed by atoms with Crippen molar-refractivity contribution in [2.75, 3.05) is 23.3 Å². The van der Waals surface area contributed by atoms with Gasteiger partial charge < -0.3 is 25.7 Å². The number of carbonyl (C=O) groups is 1. The first-order valence-electron chi connectivity index (χ1n) is 12.4. The van der Waals surface area contributed by atoms with Crippen LogP contribution in [0.15, 0.2) is 59.1 Å². The van der Waals surface area contributed by atoms with Gasteiger partial charge in [-0.05, 0) is 62.1 Å². The van der Waals surface area contributed by atoms with Crippen LogP contribution in [0.5, 0.6) is 0 Å². The number of aromatic nitrogens is 1. The molecule has 184 valence electrons. The van der Waals surface area contributed by atoms with Crippen LogP contribution < -0.4 is 21.3 Å². The molecule has 4 N–H and O–H groups in total. The predicted octanol–water partition coefficient (Wildman–Crippen LogP) is 4.56. The normalized spacial score (nSPS) is 22.7. The van der Waals surface area contributed by atoms with E-state index in [4.69, 9.17) is 10.2 Å². The molecule has 2 fully saturated rings. The molecule has 7 nitrogen and oxygen atoms in total. The molecule has 5 rings (SSSR count). The summed E-state index contributed by atoms with van der Waals surface area (Å²) in [7, 11) is 0. The summed E-state index contributed by atoms with van der Waals surface area (Å²) < 4.78 is 19.3. The molecule has 2 aliphatic rings. The van der Waals surface area contributed by atoms with E-state index in [2.05, 4.69) is 20.5 Å². The summed E-state index contributed by atoms with van der Waals surface area (Å²) in [5.41, 5.74) is 7.68. The van der Waals surface area contributed by atoms with Crippen molar-refractivity contribution in [1.82, 2.24) is 10.3 Å². The maximum atomic E-state index is 13.3. The number of anilines is 2. The molecule has 2 aromatic carbocycles. The molecule has 35 heavy (non-hydrogen) atoms. The number of primary amides is 1. The lowest BCUT2D eigenvalue weighted by molar-refractivity contribution is 0.100. The van der Waals surface area contributed by atoms with Gasteiger partial charge in [-0.3, -0.25) is 4.79 Å². The highest BCUT2D eigenvalue weighted by Crippen LogP contribution is 2.28. The number of piperidine rings is 1. The molecule has 0 spiro atoms. The summed E-state index contributed by atoms with van der Waals surface area (Å²) in [5, 5.41) is 7.41. The number of rotatable bonds is 7. The van der Waals surface area contributed by atoms with Crippen LogP contribution in [0.3, 0.4) is 0 Å². The predicted molar refractivity (Wildman–Crippen MR) is 135 cm³/mol. The number of nitrogens with zero attached hydrogens (tertiary/aromatic N) is 2. The molecule has 3 unspecified atom stereocenters. The number of oxazole rings is 1. The highest BCUT2D eigenvalue weighted by atomic mass is 19.1. The minimum absolute atomic E-state index is 0.202. The van der Waals surface area contributed by atoms with E-state index in [0.717, 1.165) is 56.4 Å². The van der Waals surface area contributed by atoms with Gasteiger partial charge in [-0.2, -0.15) is 0 Å². The Morgan fingerprint density at radius 2 is 1.86 bits per heavy atom. The molecular formula is C27H32FN5O2. The van der Waals surface area contributed by atoms with E-state index in [1.54, 1.807) is 24.4 Å². The van der Waals surface area contributed by atoms with Crippen molar-refractivity contribution >= 4 is 17.6 Å². The first-order chi connectivity index (χ1) is 17.0. The quantitative estimate of drug-likeness (QED) is 0.462. The van der Waals surface area contributed by atoms with Gasteiger partial charge in [0.05, 0.1) is 6.20 Å². The lowest BCUT2D eigenvalue weighted by Gasteiger charge is -2.40. The van der Waals surface area contributed by atoms with Crippen molar-refractivity contribution in [3.63, 3.8) is 0 Å². The van der Waals surface area contributed by atoms with E-state index in [9.17, 15) is 9.18 Å². The molecule has 1 amide bonds. The van der Waals surface area contributed by atoms with Crippen molar-refractivity contribution in [3.05, 3.63) is 66.1 Å². The Bertz CT molecular complexity index is 1150. The van der Waals surface area contributed by atoms with Crippen molar-refractivity contribution < 1.29 is 13.6 Å². The standard InChI is InChI=1S/C27H32FN5O2/c28-20-10-12-22(13-11-20)33-14-4-7-21(17-33)31-23-8-1-2-9-24(23)32-27-30-16-25(35-27)18-5-3-6-19(15-18)26(29)34/h3,5-6,10-13,15-16,21,23-24,31H,1-2,4,7-9,14,17H2,(H2,29,34)(H,30,32). The van der Waals surface area contributed by atoms with Crippen LogP contribution in [0.25, 0.3) is 11.3 Å². The summed E-state index contributed by atoms with van der Waals surface area (Å²) >= 11 is 0. The number of benzene rings is 2. The van der Waals surface area contributed by atoms with Gasteiger partial charge in [0.15, 0.2) is 5.76 Å². The average molecular weight is 478 g/mol. The van der Waals surface area contributed by atoms with E-state index in [-0.39, 0.29) is 11.9 Å². The van der Waals surface area contributed by atoms with Crippen LogP contribution in [0.2, 0.25) is 0 Å². The molecule has 1 aliphatic carbocycles. The zero-order chi connectivity index (χ0) is 24.2. The average Bonchev–Trinajstić information content (AvgIpc) is 3.34. The summed E-state index contributed by atoms with van der Waals surface area (Å²) in [6, 6.07) is 15.2. The molecule has 1 saturated heterocycles. The van der Waals surface area contributed by atoms with Crippen LogP contribution in [-0.2, 0) is 0 Å². The Morgan fingerprint density at radius 1 is 1.06 bits per heavy atom. The summed E-state index contributed by atoms with van der Waals surface area (Å²) in [4.78, 5) is 18.3. The van der Waals surface area contributed by atoms with Gasteiger partial charge in [0.25, 0.3) is 6.01 Å². The summed E-state index contributed by atoms with van der Waals surface area (Å²) in [5.74, 6) is -0.0773. The second kappa shape index (κ2) is 10.5. The number of nitrogens with two attached hydrogens (primary N) is 1. The summed E-state index contributed by atoms with van der Waals surface area (Å²) in [6.07, 6.45) is 8.40. The van der Waals surface area contributed by atoms with Gasteiger partial charge in [0.2, 0.25) is 5.91 Å². The lowest BCUT2D eigenvalue weighted by atomic mass is 9.89. The minimum atomic E-state index is -0.471. The zero-order valence-electron chi connectivity index (χ0n) is 19.8. The van der Waals surface area contributed by atoms with E-state index in [0.29, 0.717) is 29.4 Å². The topological polar surface area (TPSA) is 96.4 Å². The monoisotopic (exact) mass is 477 g/mol. The maximum absolute atomic E-state index is 13.3. The van der Waals surface area contributed by atoms with E-state index in [1.807, 2.05) is 18.2 Å². The number of hydrogen-bond donors (Lipinski definition) is 3. The molecule has 1 aromatic heterocycles. The van der Waals surface area contributed by atoms with Crippen LogP contribution >= 0.6 is 0 Å². The smallest absolute Gasteiger partial charge is 0.295 e. The van der Waals surface area contributed by atoms with Gasteiger partial charge in [0.1, 0.15) is 5.82 Å². The third-order valence-corrected chi connectivity index (χ3v) is 7.08. The van der Waals surface area contributed by atoms with Crippen molar-refractivity contribution in [2.24, 2.45) is 5.73 Å². The number of halogens is 1. The molecule has 0 bridgehead atoms. The fourth-order valence-electron chi connectivity index (χ4n) is 5.26. The minimum Gasteiger partial charge on any atom is -0.424 e. The van der Waals surface area contributed by atoms with E-state index in [1.165, 1.54) is 18.6 Å². The Kier molecular flexibility index (Phi) is 6.99. The highest BCUT2D eigenvalue weighted by Gasteiger charge is 2.30. The second-order valence-electron chi connectivity index (χ2n) is 9.54. The fraction of sp³-hybridized carbons (Fsp3) is 0.407. The third-order valence-electron chi connectivity index (χ3n) is 7.08. The lowest BCUT2D eigenvalue weighted by Crippen LogP contribution is -2.54. The first-order valence-corrected chi connectivity index (χ1v) is 12.4. The number of nitrogens with one attached hydrogen (secondary N) is 2. The van der Waals surface area contributed by atoms with Crippen molar-refractivity contribution in [1.29, 1.82) is 0 Å². The SMILES string of the molecule is NC(=O)c1cccc(-c2cnc(NC3CCCCC3NC3CCCN(c4ccc(F)cc4)C3)o2)c1.